The fourth-order valence-corrected chi connectivity index (χ4v) is 3.81. The SMILES string of the molecule is CC1=Nc2ccccc2C1(C)Sc1ccccc1[N+](=O)[O-]. The van der Waals surface area contributed by atoms with Crippen LogP contribution < -0.4 is 0 Å². The van der Waals surface area contributed by atoms with Gasteiger partial charge in [-0.25, -0.2) is 0 Å². The summed E-state index contributed by atoms with van der Waals surface area (Å²) < 4.78 is -0.372. The van der Waals surface area contributed by atoms with Crippen LogP contribution >= 0.6 is 11.8 Å². The van der Waals surface area contributed by atoms with Crippen molar-refractivity contribution in [1.82, 2.24) is 0 Å². The van der Waals surface area contributed by atoms with E-state index in [9.17, 15) is 10.1 Å². The molecule has 0 fully saturated rings. The van der Waals surface area contributed by atoms with Crippen LogP contribution in [0.4, 0.5) is 11.4 Å². The van der Waals surface area contributed by atoms with E-state index in [-0.39, 0.29) is 15.4 Å². The third-order valence-corrected chi connectivity index (χ3v) is 5.26. The van der Waals surface area contributed by atoms with E-state index in [2.05, 4.69) is 11.9 Å². The summed E-state index contributed by atoms with van der Waals surface area (Å²) in [7, 11) is 0. The summed E-state index contributed by atoms with van der Waals surface area (Å²) >= 11 is 1.49. The van der Waals surface area contributed by atoms with E-state index in [1.54, 1.807) is 18.2 Å². The number of nitro benzene ring substituents is 1. The standard InChI is InChI=1S/C16H14N2O2S/c1-11-16(2,12-7-3-4-8-13(12)17-11)21-15-10-6-5-9-14(15)18(19)20/h3-10H,1-2H3. The fourth-order valence-electron chi connectivity index (χ4n) is 2.50. The van der Waals surface area contributed by atoms with Crippen molar-refractivity contribution in [2.75, 3.05) is 0 Å². The van der Waals surface area contributed by atoms with Crippen LogP contribution in [0.5, 0.6) is 0 Å². The summed E-state index contributed by atoms with van der Waals surface area (Å²) in [6, 6.07) is 14.8. The van der Waals surface area contributed by atoms with Crippen LogP contribution in [0.15, 0.2) is 58.4 Å². The van der Waals surface area contributed by atoms with Gasteiger partial charge >= 0.3 is 0 Å². The number of nitro groups is 1. The molecule has 5 heteroatoms. The van der Waals surface area contributed by atoms with Crippen LogP contribution in [0.3, 0.4) is 0 Å². The predicted molar refractivity (Wildman–Crippen MR) is 85.5 cm³/mol. The number of hydrogen-bond donors (Lipinski definition) is 0. The molecule has 2 aromatic rings. The van der Waals surface area contributed by atoms with Crippen molar-refractivity contribution < 1.29 is 4.92 Å². The van der Waals surface area contributed by atoms with Gasteiger partial charge in [-0.1, -0.05) is 30.3 Å². The first-order chi connectivity index (χ1) is 10.0. The van der Waals surface area contributed by atoms with Crippen LogP contribution in [0.1, 0.15) is 19.4 Å². The molecule has 2 aromatic carbocycles. The summed E-state index contributed by atoms with van der Waals surface area (Å²) in [4.78, 5) is 16.1. The minimum Gasteiger partial charge on any atom is -0.258 e. The van der Waals surface area contributed by atoms with Gasteiger partial charge in [-0.05, 0) is 31.5 Å². The molecule has 106 valence electrons. The van der Waals surface area contributed by atoms with E-state index >= 15 is 0 Å². The number of benzene rings is 2. The Morgan fingerprint density at radius 3 is 2.57 bits per heavy atom. The quantitative estimate of drug-likeness (QED) is 0.609. The molecule has 0 N–H and O–H groups in total. The molecule has 1 heterocycles. The summed E-state index contributed by atoms with van der Waals surface area (Å²) in [6.07, 6.45) is 0. The molecule has 0 saturated carbocycles. The maximum atomic E-state index is 11.2. The summed E-state index contributed by atoms with van der Waals surface area (Å²) in [5, 5.41) is 11.2. The van der Waals surface area contributed by atoms with E-state index < -0.39 is 0 Å². The van der Waals surface area contributed by atoms with Crippen molar-refractivity contribution in [1.29, 1.82) is 0 Å². The molecule has 1 atom stereocenters. The molecule has 3 rings (SSSR count). The topological polar surface area (TPSA) is 55.5 Å². The Balaban J connectivity index is 2.06. The van der Waals surface area contributed by atoms with Gasteiger partial charge in [0.05, 0.1) is 20.3 Å². The molecule has 0 saturated heterocycles. The maximum absolute atomic E-state index is 11.2. The lowest BCUT2D eigenvalue weighted by Crippen LogP contribution is -2.23. The first kappa shape index (κ1) is 13.8. The third-order valence-electron chi connectivity index (χ3n) is 3.77. The van der Waals surface area contributed by atoms with E-state index in [0.29, 0.717) is 4.90 Å². The average Bonchev–Trinajstić information content (AvgIpc) is 2.71. The van der Waals surface area contributed by atoms with Gasteiger partial charge in [0, 0.05) is 11.8 Å². The molecular weight excluding hydrogens is 284 g/mol. The second-order valence-corrected chi connectivity index (χ2v) is 6.53. The van der Waals surface area contributed by atoms with Crippen LogP contribution in [0.2, 0.25) is 0 Å². The number of para-hydroxylation sites is 2. The van der Waals surface area contributed by atoms with Gasteiger partial charge in [0.1, 0.15) is 0 Å². The highest BCUT2D eigenvalue weighted by Crippen LogP contribution is 2.51. The van der Waals surface area contributed by atoms with Gasteiger partial charge in [0.2, 0.25) is 0 Å². The molecule has 1 aliphatic rings. The van der Waals surface area contributed by atoms with Crippen LogP contribution in [-0.4, -0.2) is 10.6 Å². The minimum absolute atomic E-state index is 0.140. The lowest BCUT2D eigenvalue weighted by atomic mass is 9.98. The number of aliphatic imine (C=N–C) groups is 1. The molecule has 4 nitrogen and oxygen atoms in total. The second kappa shape index (κ2) is 5.00. The summed E-state index contributed by atoms with van der Waals surface area (Å²) in [5.41, 5.74) is 3.15. The summed E-state index contributed by atoms with van der Waals surface area (Å²) in [6.45, 7) is 4.04. The van der Waals surface area contributed by atoms with Gasteiger partial charge in [-0.3, -0.25) is 15.1 Å². The largest absolute Gasteiger partial charge is 0.282 e. The number of thioether (sulfide) groups is 1. The van der Waals surface area contributed by atoms with E-state index in [0.717, 1.165) is 17.0 Å². The Morgan fingerprint density at radius 2 is 1.81 bits per heavy atom. The molecule has 0 bridgehead atoms. The van der Waals surface area contributed by atoms with Crippen molar-refractivity contribution in [2.24, 2.45) is 4.99 Å². The molecule has 1 unspecified atom stereocenters. The first-order valence-electron chi connectivity index (χ1n) is 6.60. The zero-order chi connectivity index (χ0) is 15.0. The van der Waals surface area contributed by atoms with Crippen molar-refractivity contribution >= 4 is 28.8 Å². The number of fused-ring (bicyclic) bond motifs is 1. The van der Waals surface area contributed by atoms with Gasteiger partial charge in [0.25, 0.3) is 5.69 Å². The molecule has 1 aliphatic heterocycles. The molecule has 21 heavy (non-hydrogen) atoms. The molecule has 0 amide bonds. The van der Waals surface area contributed by atoms with Gasteiger partial charge in [-0.2, -0.15) is 0 Å². The van der Waals surface area contributed by atoms with Gasteiger partial charge in [-0.15, -0.1) is 11.8 Å². The Labute approximate surface area is 127 Å². The van der Waals surface area contributed by atoms with Crippen LogP contribution in [-0.2, 0) is 4.75 Å². The van der Waals surface area contributed by atoms with Crippen LogP contribution in [0, 0.1) is 10.1 Å². The molecule has 0 spiro atoms. The Hall–Kier alpha value is -2.14. The number of nitrogens with zero attached hydrogens (tertiary/aromatic N) is 2. The van der Waals surface area contributed by atoms with Crippen molar-refractivity contribution in [3.63, 3.8) is 0 Å². The molecule has 0 aliphatic carbocycles. The lowest BCUT2D eigenvalue weighted by Gasteiger charge is -2.25. The van der Waals surface area contributed by atoms with Crippen molar-refractivity contribution in [3.8, 4) is 0 Å². The smallest absolute Gasteiger partial charge is 0.258 e. The highest BCUT2D eigenvalue weighted by Gasteiger charge is 2.39. The van der Waals surface area contributed by atoms with Crippen molar-refractivity contribution in [3.05, 3.63) is 64.2 Å². The Morgan fingerprint density at radius 1 is 1.14 bits per heavy atom. The number of hydrogen-bond acceptors (Lipinski definition) is 4. The third kappa shape index (κ3) is 2.23. The molecular formula is C16H14N2O2S. The van der Waals surface area contributed by atoms with E-state index in [1.807, 2.05) is 37.3 Å². The Kier molecular flexibility index (Phi) is 3.29. The van der Waals surface area contributed by atoms with E-state index in [4.69, 9.17) is 0 Å². The first-order valence-corrected chi connectivity index (χ1v) is 7.42. The van der Waals surface area contributed by atoms with Gasteiger partial charge < -0.3 is 0 Å². The zero-order valence-corrected chi connectivity index (χ0v) is 12.6. The summed E-state index contributed by atoms with van der Waals surface area (Å²) in [5.74, 6) is 0. The monoisotopic (exact) mass is 298 g/mol. The van der Waals surface area contributed by atoms with E-state index in [1.165, 1.54) is 11.8 Å². The fraction of sp³-hybridized carbons (Fsp3) is 0.188. The minimum atomic E-state index is -0.372. The van der Waals surface area contributed by atoms with Crippen LogP contribution in [0.25, 0.3) is 0 Å². The predicted octanol–water partition coefficient (Wildman–Crippen LogP) is 4.71. The maximum Gasteiger partial charge on any atom is 0.282 e. The normalized spacial score (nSPS) is 20.0. The lowest BCUT2D eigenvalue weighted by molar-refractivity contribution is -0.387. The Bertz CT molecular complexity index is 757. The molecule has 0 aromatic heterocycles. The highest BCUT2D eigenvalue weighted by molar-refractivity contribution is 8.01. The zero-order valence-electron chi connectivity index (χ0n) is 11.7. The molecule has 0 radical (unpaired) electrons. The van der Waals surface area contributed by atoms with Gasteiger partial charge in [0.15, 0.2) is 0 Å². The van der Waals surface area contributed by atoms with Crippen molar-refractivity contribution in [2.45, 2.75) is 23.5 Å². The second-order valence-electron chi connectivity index (χ2n) is 5.07. The highest BCUT2D eigenvalue weighted by atomic mass is 32.2. The average molecular weight is 298 g/mol. The number of rotatable bonds is 3.